The van der Waals surface area contributed by atoms with E-state index in [9.17, 15) is 4.79 Å². The van der Waals surface area contributed by atoms with Crippen LogP contribution in [0.25, 0.3) is 0 Å². The number of hydrogen-bond donors (Lipinski definition) is 0. The number of esters is 1. The van der Waals surface area contributed by atoms with Gasteiger partial charge in [-0.15, -0.1) is 0 Å². The minimum absolute atomic E-state index is 0.127. The molecule has 1 saturated heterocycles. The molecule has 0 amide bonds. The Bertz CT molecular complexity index is 278. The zero-order chi connectivity index (χ0) is 10.2. The van der Waals surface area contributed by atoms with Crippen LogP contribution in [-0.4, -0.2) is 5.97 Å². The van der Waals surface area contributed by atoms with Gasteiger partial charge in [0, 0.05) is 25.3 Å². The Balaban J connectivity index is 2.34. The summed E-state index contributed by atoms with van der Waals surface area (Å²) in [5.41, 5.74) is 0. The second-order valence-electron chi connectivity index (χ2n) is 3.36. The smallest absolute Gasteiger partial charge is 0.310 e. The molecule has 0 aliphatic carbocycles. The molecule has 0 bridgehead atoms. The van der Waals surface area contributed by atoms with E-state index in [4.69, 9.17) is 4.74 Å². The topological polar surface area (TPSA) is 26.3 Å². The van der Waals surface area contributed by atoms with E-state index in [-0.39, 0.29) is 5.97 Å². The van der Waals surface area contributed by atoms with Crippen molar-refractivity contribution in [2.24, 2.45) is 0 Å². The van der Waals surface area contributed by atoms with E-state index >= 15 is 0 Å². The number of rotatable bonds is 2. The predicted octanol–water partition coefficient (Wildman–Crippen LogP) is 2.79. The monoisotopic (exact) mass is 192 g/mol. The molecule has 0 atom stereocenters. The van der Waals surface area contributed by atoms with E-state index < -0.39 is 0 Å². The van der Waals surface area contributed by atoms with E-state index in [1.165, 1.54) is 6.42 Å². The lowest BCUT2D eigenvalue weighted by atomic mass is 10.1. The van der Waals surface area contributed by atoms with Gasteiger partial charge in [0.15, 0.2) is 0 Å². The third kappa shape index (κ3) is 4.13. The summed E-state index contributed by atoms with van der Waals surface area (Å²) < 4.78 is 5.01. The van der Waals surface area contributed by atoms with Gasteiger partial charge < -0.3 is 4.74 Å². The van der Waals surface area contributed by atoms with Gasteiger partial charge in [0.05, 0.1) is 0 Å². The SMILES string of the molecule is CCCCC#C/C=C1\CCCC(=O)O1. The Hall–Kier alpha value is -1.23. The Morgan fingerprint density at radius 1 is 1.50 bits per heavy atom. The van der Waals surface area contributed by atoms with Crippen molar-refractivity contribution < 1.29 is 9.53 Å². The average Bonchev–Trinajstić information content (AvgIpc) is 2.18. The fraction of sp³-hybridized carbons (Fsp3) is 0.583. The van der Waals surface area contributed by atoms with Gasteiger partial charge in [-0.3, -0.25) is 4.79 Å². The largest absolute Gasteiger partial charge is 0.430 e. The number of unbranched alkanes of at least 4 members (excludes halogenated alkanes) is 2. The zero-order valence-electron chi connectivity index (χ0n) is 8.64. The van der Waals surface area contributed by atoms with Crippen molar-refractivity contribution in [2.45, 2.75) is 45.4 Å². The van der Waals surface area contributed by atoms with Crippen LogP contribution in [-0.2, 0) is 9.53 Å². The lowest BCUT2D eigenvalue weighted by Gasteiger charge is -2.12. The van der Waals surface area contributed by atoms with Gasteiger partial charge in [0.25, 0.3) is 0 Å². The maximum atomic E-state index is 10.9. The first kappa shape index (κ1) is 10.8. The van der Waals surface area contributed by atoms with Crippen LogP contribution in [0.1, 0.15) is 45.4 Å². The maximum Gasteiger partial charge on any atom is 0.310 e. The van der Waals surface area contributed by atoms with Crippen LogP contribution >= 0.6 is 0 Å². The Morgan fingerprint density at radius 2 is 2.36 bits per heavy atom. The molecule has 0 aromatic carbocycles. The quantitative estimate of drug-likeness (QED) is 0.382. The van der Waals surface area contributed by atoms with Gasteiger partial charge in [0.1, 0.15) is 5.76 Å². The number of carbonyl (C=O) groups is 1. The average molecular weight is 192 g/mol. The summed E-state index contributed by atoms with van der Waals surface area (Å²) in [4.78, 5) is 10.9. The van der Waals surface area contributed by atoms with Crippen molar-refractivity contribution in [1.29, 1.82) is 0 Å². The standard InChI is InChI=1S/C12H16O2/c1-2-3-4-5-6-8-11-9-7-10-12(13)14-11/h8H,2-4,7,9-10H2,1H3/b11-8+. The molecule has 1 heterocycles. The fourth-order valence-corrected chi connectivity index (χ4v) is 1.23. The molecule has 0 N–H and O–H groups in total. The molecule has 0 radical (unpaired) electrons. The lowest BCUT2D eigenvalue weighted by molar-refractivity contribution is -0.141. The highest BCUT2D eigenvalue weighted by Gasteiger charge is 2.13. The number of ether oxygens (including phenoxy) is 1. The molecular formula is C12H16O2. The molecule has 1 aliphatic heterocycles. The lowest BCUT2D eigenvalue weighted by Crippen LogP contribution is -2.09. The van der Waals surface area contributed by atoms with Gasteiger partial charge in [-0.25, -0.2) is 0 Å². The molecule has 1 aliphatic rings. The van der Waals surface area contributed by atoms with Crippen LogP contribution in [0.4, 0.5) is 0 Å². The molecule has 2 nitrogen and oxygen atoms in total. The number of hydrogen-bond acceptors (Lipinski definition) is 2. The normalized spacial score (nSPS) is 18.6. The predicted molar refractivity (Wildman–Crippen MR) is 55.3 cm³/mol. The van der Waals surface area contributed by atoms with Gasteiger partial charge in [0.2, 0.25) is 0 Å². The molecule has 0 unspecified atom stereocenters. The van der Waals surface area contributed by atoms with Crippen LogP contribution in [0.5, 0.6) is 0 Å². The second-order valence-corrected chi connectivity index (χ2v) is 3.36. The van der Waals surface area contributed by atoms with E-state index in [1.54, 1.807) is 6.08 Å². The van der Waals surface area contributed by atoms with Crippen molar-refractivity contribution in [3.05, 3.63) is 11.8 Å². The van der Waals surface area contributed by atoms with Gasteiger partial charge >= 0.3 is 5.97 Å². The third-order valence-corrected chi connectivity index (χ3v) is 2.04. The summed E-state index contributed by atoms with van der Waals surface area (Å²) >= 11 is 0. The van der Waals surface area contributed by atoms with Crippen molar-refractivity contribution in [1.82, 2.24) is 0 Å². The molecule has 0 aromatic heterocycles. The zero-order valence-corrected chi connectivity index (χ0v) is 8.64. The van der Waals surface area contributed by atoms with Crippen molar-refractivity contribution in [3.8, 4) is 11.8 Å². The van der Waals surface area contributed by atoms with E-state index in [0.29, 0.717) is 6.42 Å². The number of cyclic esters (lactones) is 1. The molecular weight excluding hydrogens is 176 g/mol. The summed E-state index contributed by atoms with van der Waals surface area (Å²) in [5.74, 6) is 6.55. The van der Waals surface area contributed by atoms with Crippen LogP contribution in [0.2, 0.25) is 0 Å². The van der Waals surface area contributed by atoms with Gasteiger partial charge in [-0.05, 0) is 12.8 Å². The number of allylic oxidation sites excluding steroid dienone is 2. The van der Waals surface area contributed by atoms with Crippen LogP contribution in [0.15, 0.2) is 11.8 Å². The van der Waals surface area contributed by atoms with Gasteiger partial charge in [-0.2, -0.15) is 0 Å². The maximum absolute atomic E-state index is 10.9. The van der Waals surface area contributed by atoms with E-state index in [2.05, 4.69) is 18.8 Å². The summed E-state index contributed by atoms with van der Waals surface area (Å²) in [7, 11) is 0. The second kappa shape index (κ2) is 6.26. The molecule has 14 heavy (non-hydrogen) atoms. The van der Waals surface area contributed by atoms with Crippen molar-refractivity contribution in [3.63, 3.8) is 0 Å². The summed E-state index contributed by atoms with van der Waals surface area (Å²) in [6.07, 6.45) is 7.23. The van der Waals surface area contributed by atoms with E-state index in [1.807, 2.05) is 0 Å². The summed E-state index contributed by atoms with van der Waals surface area (Å²) in [6, 6.07) is 0. The highest BCUT2D eigenvalue weighted by atomic mass is 16.5. The van der Waals surface area contributed by atoms with Crippen LogP contribution in [0.3, 0.4) is 0 Å². The summed E-state index contributed by atoms with van der Waals surface area (Å²) in [6.45, 7) is 2.14. The Morgan fingerprint density at radius 3 is 3.07 bits per heavy atom. The third-order valence-electron chi connectivity index (χ3n) is 2.04. The molecule has 1 rings (SSSR count). The molecule has 0 saturated carbocycles. The fourth-order valence-electron chi connectivity index (χ4n) is 1.23. The summed E-state index contributed by atoms with van der Waals surface area (Å²) in [5, 5.41) is 0. The van der Waals surface area contributed by atoms with Crippen molar-refractivity contribution in [2.75, 3.05) is 0 Å². The molecule has 2 heteroatoms. The van der Waals surface area contributed by atoms with Gasteiger partial charge in [-0.1, -0.05) is 25.2 Å². The molecule has 0 spiro atoms. The first-order valence-corrected chi connectivity index (χ1v) is 5.21. The first-order valence-electron chi connectivity index (χ1n) is 5.21. The van der Waals surface area contributed by atoms with E-state index in [0.717, 1.165) is 31.4 Å². The van der Waals surface area contributed by atoms with Crippen molar-refractivity contribution >= 4 is 5.97 Å². The Kier molecular flexibility index (Phi) is 4.85. The molecule has 1 fully saturated rings. The minimum Gasteiger partial charge on any atom is -0.430 e. The highest BCUT2D eigenvalue weighted by Crippen LogP contribution is 2.16. The Labute approximate surface area is 85.3 Å². The van der Waals surface area contributed by atoms with Crippen LogP contribution < -0.4 is 0 Å². The highest BCUT2D eigenvalue weighted by molar-refractivity contribution is 5.71. The first-order chi connectivity index (χ1) is 6.83. The number of carbonyl (C=O) groups excluding carboxylic acids is 1. The van der Waals surface area contributed by atoms with Crippen LogP contribution in [0, 0.1) is 11.8 Å². The minimum atomic E-state index is -0.127. The molecule has 76 valence electrons. The molecule has 0 aromatic rings.